The standard InChI is InChI=1S/C12H17ClN2O3S2/c1-19-12(4-2-3-5-12)8-15-20(17,18)9-6-10(13)11(16)14-7-9/h6-7,15H,2-5,8H2,1H3,(H,14,16). The second-order valence-electron chi connectivity index (χ2n) is 4.93. The zero-order valence-electron chi connectivity index (χ0n) is 11.1. The first-order chi connectivity index (χ1) is 9.38. The van der Waals surface area contributed by atoms with E-state index in [4.69, 9.17) is 11.6 Å². The minimum Gasteiger partial charge on any atom is -0.326 e. The Kier molecular flexibility index (Phi) is 4.84. The molecule has 5 nitrogen and oxygen atoms in total. The molecule has 0 aromatic carbocycles. The van der Waals surface area contributed by atoms with E-state index in [0.717, 1.165) is 31.9 Å². The van der Waals surface area contributed by atoms with Gasteiger partial charge in [-0.25, -0.2) is 13.1 Å². The van der Waals surface area contributed by atoms with Gasteiger partial charge in [0.1, 0.15) is 5.02 Å². The maximum atomic E-state index is 12.2. The van der Waals surface area contributed by atoms with Gasteiger partial charge in [0.15, 0.2) is 0 Å². The molecule has 1 aromatic heterocycles. The first-order valence-corrected chi connectivity index (χ1v) is 9.40. The summed E-state index contributed by atoms with van der Waals surface area (Å²) >= 11 is 7.37. The number of rotatable bonds is 5. The monoisotopic (exact) mass is 336 g/mol. The van der Waals surface area contributed by atoms with Crippen LogP contribution >= 0.6 is 23.4 Å². The van der Waals surface area contributed by atoms with Crippen molar-refractivity contribution in [2.75, 3.05) is 12.8 Å². The van der Waals surface area contributed by atoms with Crippen LogP contribution < -0.4 is 10.3 Å². The highest BCUT2D eigenvalue weighted by Crippen LogP contribution is 2.39. The van der Waals surface area contributed by atoms with Crippen LogP contribution in [-0.4, -0.2) is 30.9 Å². The molecule has 0 spiro atoms. The lowest BCUT2D eigenvalue weighted by molar-refractivity contribution is 0.551. The summed E-state index contributed by atoms with van der Waals surface area (Å²) in [6.07, 6.45) is 7.47. The Morgan fingerprint density at radius 1 is 1.45 bits per heavy atom. The zero-order chi connectivity index (χ0) is 14.8. The largest absolute Gasteiger partial charge is 0.326 e. The second kappa shape index (κ2) is 6.09. The number of halogens is 1. The number of H-pyrrole nitrogens is 1. The van der Waals surface area contributed by atoms with Gasteiger partial charge < -0.3 is 4.98 Å². The molecule has 1 aliphatic rings. The molecule has 8 heteroatoms. The van der Waals surface area contributed by atoms with Gasteiger partial charge in [-0.15, -0.1) is 0 Å². The van der Waals surface area contributed by atoms with Gasteiger partial charge in [-0.2, -0.15) is 11.8 Å². The van der Waals surface area contributed by atoms with Crippen molar-refractivity contribution in [3.05, 3.63) is 27.6 Å². The van der Waals surface area contributed by atoms with Crippen LogP contribution in [0.25, 0.3) is 0 Å². The summed E-state index contributed by atoms with van der Waals surface area (Å²) in [7, 11) is -3.65. The number of aromatic nitrogens is 1. The van der Waals surface area contributed by atoms with Crippen molar-refractivity contribution in [3.63, 3.8) is 0 Å². The van der Waals surface area contributed by atoms with Crippen molar-refractivity contribution in [3.8, 4) is 0 Å². The van der Waals surface area contributed by atoms with Gasteiger partial charge in [-0.1, -0.05) is 24.4 Å². The highest BCUT2D eigenvalue weighted by atomic mass is 35.5. The molecule has 20 heavy (non-hydrogen) atoms. The fraction of sp³-hybridized carbons (Fsp3) is 0.583. The van der Waals surface area contributed by atoms with E-state index in [-0.39, 0.29) is 14.7 Å². The quantitative estimate of drug-likeness (QED) is 0.861. The van der Waals surface area contributed by atoms with E-state index in [1.54, 1.807) is 11.8 Å². The average molecular weight is 337 g/mol. The topological polar surface area (TPSA) is 79.0 Å². The molecule has 0 aliphatic heterocycles. The third-order valence-corrected chi connectivity index (χ3v) is 6.75. The van der Waals surface area contributed by atoms with Crippen LogP contribution in [0.1, 0.15) is 25.7 Å². The molecule has 1 fully saturated rings. The first-order valence-electron chi connectivity index (χ1n) is 6.32. The summed E-state index contributed by atoms with van der Waals surface area (Å²) < 4.78 is 27.0. The Bertz CT molecular complexity index is 636. The smallest absolute Gasteiger partial charge is 0.266 e. The van der Waals surface area contributed by atoms with Gasteiger partial charge in [0.05, 0.1) is 4.90 Å². The van der Waals surface area contributed by atoms with E-state index in [1.165, 1.54) is 6.07 Å². The Balaban J connectivity index is 2.15. The van der Waals surface area contributed by atoms with Gasteiger partial charge in [-0.3, -0.25) is 4.79 Å². The molecule has 0 atom stereocenters. The second-order valence-corrected chi connectivity index (χ2v) is 8.38. The van der Waals surface area contributed by atoms with Crippen molar-refractivity contribution in [1.82, 2.24) is 9.71 Å². The fourth-order valence-corrected chi connectivity index (χ4v) is 4.74. The van der Waals surface area contributed by atoms with Crippen LogP contribution in [0.4, 0.5) is 0 Å². The molecule has 1 saturated carbocycles. The summed E-state index contributed by atoms with van der Waals surface area (Å²) in [6, 6.07) is 1.17. The molecule has 1 aliphatic carbocycles. The summed E-state index contributed by atoms with van der Waals surface area (Å²) in [5.74, 6) is 0. The molecule has 0 unspecified atom stereocenters. The van der Waals surface area contributed by atoms with Gasteiger partial charge in [0.2, 0.25) is 10.0 Å². The molecule has 2 N–H and O–H groups in total. The number of hydrogen-bond donors (Lipinski definition) is 2. The van der Waals surface area contributed by atoms with E-state index in [0.29, 0.717) is 6.54 Å². The SMILES string of the molecule is CSC1(CNS(=O)(=O)c2c[nH]c(=O)c(Cl)c2)CCCC1. The van der Waals surface area contributed by atoms with E-state index in [1.807, 2.05) is 6.26 Å². The molecule has 2 rings (SSSR count). The summed E-state index contributed by atoms with van der Waals surface area (Å²) in [5, 5.41) is -0.131. The highest BCUT2D eigenvalue weighted by molar-refractivity contribution is 8.00. The Morgan fingerprint density at radius 2 is 2.10 bits per heavy atom. The van der Waals surface area contributed by atoms with E-state index >= 15 is 0 Å². The lowest BCUT2D eigenvalue weighted by Gasteiger charge is -2.26. The summed E-state index contributed by atoms with van der Waals surface area (Å²) in [6.45, 7) is 0.396. The maximum absolute atomic E-state index is 12.2. The minimum absolute atomic E-state index is 0.0148. The van der Waals surface area contributed by atoms with E-state index in [9.17, 15) is 13.2 Å². The normalized spacial score (nSPS) is 18.3. The summed E-state index contributed by atoms with van der Waals surface area (Å²) in [4.78, 5) is 13.5. The van der Waals surface area contributed by atoms with Crippen molar-refractivity contribution in [1.29, 1.82) is 0 Å². The molecule has 1 aromatic rings. The Hall–Kier alpha value is -0.500. The molecular formula is C12H17ClN2O3S2. The molecule has 1 heterocycles. The lowest BCUT2D eigenvalue weighted by Crippen LogP contribution is -2.38. The van der Waals surface area contributed by atoms with Crippen LogP contribution in [0.5, 0.6) is 0 Å². The van der Waals surface area contributed by atoms with Crippen LogP contribution in [0.3, 0.4) is 0 Å². The molecule has 0 saturated heterocycles. The van der Waals surface area contributed by atoms with Gasteiger partial charge in [-0.05, 0) is 25.2 Å². The minimum atomic E-state index is -3.65. The third-order valence-electron chi connectivity index (χ3n) is 3.67. The fourth-order valence-electron chi connectivity index (χ4n) is 2.38. The van der Waals surface area contributed by atoms with Crippen molar-refractivity contribution < 1.29 is 8.42 Å². The summed E-state index contributed by atoms with van der Waals surface area (Å²) in [5.41, 5.74) is -0.498. The van der Waals surface area contributed by atoms with Crippen LogP contribution in [0, 0.1) is 0 Å². The third kappa shape index (κ3) is 3.39. The van der Waals surface area contributed by atoms with E-state index in [2.05, 4.69) is 9.71 Å². The average Bonchev–Trinajstić information content (AvgIpc) is 2.89. The predicted molar refractivity (Wildman–Crippen MR) is 82.0 cm³/mol. The van der Waals surface area contributed by atoms with Crippen LogP contribution in [-0.2, 0) is 10.0 Å². The first kappa shape index (κ1) is 15.9. The van der Waals surface area contributed by atoms with Gasteiger partial charge in [0.25, 0.3) is 5.56 Å². The van der Waals surface area contributed by atoms with Crippen molar-refractivity contribution in [2.24, 2.45) is 0 Å². The molecule has 0 amide bonds. The molecule has 112 valence electrons. The number of pyridine rings is 1. The number of hydrogen-bond acceptors (Lipinski definition) is 4. The van der Waals surface area contributed by atoms with Gasteiger partial charge in [0, 0.05) is 17.5 Å². The lowest BCUT2D eigenvalue weighted by atomic mass is 10.1. The maximum Gasteiger partial charge on any atom is 0.266 e. The highest BCUT2D eigenvalue weighted by Gasteiger charge is 2.34. The molecule has 0 bridgehead atoms. The molecule has 0 radical (unpaired) electrons. The molecular weight excluding hydrogens is 320 g/mol. The van der Waals surface area contributed by atoms with Crippen molar-refractivity contribution >= 4 is 33.4 Å². The predicted octanol–water partition coefficient (Wildman–Crippen LogP) is 1.98. The Morgan fingerprint density at radius 3 is 2.65 bits per heavy atom. The number of aromatic amines is 1. The van der Waals surface area contributed by atoms with E-state index < -0.39 is 15.6 Å². The number of thioether (sulfide) groups is 1. The van der Waals surface area contributed by atoms with Crippen LogP contribution in [0.15, 0.2) is 22.0 Å². The number of nitrogens with one attached hydrogen (secondary N) is 2. The Labute approximate surface area is 127 Å². The van der Waals surface area contributed by atoms with Crippen molar-refractivity contribution in [2.45, 2.75) is 35.3 Å². The number of sulfonamides is 1. The van der Waals surface area contributed by atoms with Crippen LogP contribution in [0.2, 0.25) is 5.02 Å². The zero-order valence-corrected chi connectivity index (χ0v) is 13.5. The van der Waals surface area contributed by atoms with Gasteiger partial charge >= 0.3 is 0 Å².